The van der Waals surface area contributed by atoms with Crippen LogP contribution in [-0.4, -0.2) is 22.2 Å². The molecule has 2 heterocycles. The van der Waals surface area contributed by atoms with E-state index in [0.717, 1.165) is 22.3 Å². The van der Waals surface area contributed by atoms with Crippen LogP contribution in [0.25, 0.3) is 0 Å². The van der Waals surface area contributed by atoms with Crippen molar-refractivity contribution >= 4 is 33.4 Å². The maximum absolute atomic E-state index is 12.1. The van der Waals surface area contributed by atoms with Crippen molar-refractivity contribution in [1.29, 1.82) is 0 Å². The first-order valence-corrected chi connectivity index (χ1v) is 9.63. The summed E-state index contributed by atoms with van der Waals surface area (Å²) < 4.78 is 13.9. The zero-order valence-corrected chi connectivity index (χ0v) is 17.1. The number of rotatable bonds is 8. The number of nitrogens with zero attached hydrogens (tertiary/aromatic N) is 2. The fraction of sp³-hybridized carbons (Fsp3) is 0.263. The summed E-state index contributed by atoms with van der Waals surface area (Å²) in [6, 6.07) is 10.9. The average Bonchev–Trinajstić information content (AvgIpc) is 3.25. The van der Waals surface area contributed by atoms with Crippen LogP contribution in [0.5, 0.6) is 5.75 Å². The van der Waals surface area contributed by atoms with Gasteiger partial charge in [0.1, 0.15) is 18.1 Å². The first kappa shape index (κ1) is 19.5. The Morgan fingerprint density at radius 1 is 1.30 bits per heavy atom. The van der Waals surface area contributed by atoms with Crippen molar-refractivity contribution in [3.05, 3.63) is 69.3 Å². The molecule has 1 amide bonds. The molecule has 0 aliphatic rings. The van der Waals surface area contributed by atoms with Crippen LogP contribution in [0.15, 0.2) is 51.5 Å². The van der Waals surface area contributed by atoms with Gasteiger partial charge in [-0.3, -0.25) is 9.48 Å². The minimum atomic E-state index is -0.250. The van der Waals surface area contributed by atoms with Crippen LogP contribution in [0.1, 0.15) is 28.4 Å². The standard InChI is InChI=1S/C19H19BrClN3O3/c1-13-17(21)11-24(23-13)10-2-9-22-19(25)18-8-7-16(27-18)12-26-15-5-3-14(20)4-6-15/h3-8,11H,2,9-10,12H2,1H3,(H,22,25). The van der Waals surface area contributed by atoms with Gasteiger partial charge in [-0.15, -0.1) is 0 Å². The predicted molar refractivity (Wildman–Crippen MR) is 106 cm³/mol. The van der Waals surface area contributed by atoms with Gasteiger partial charge in [-0.1, -0.05) is 27.5 Å². The second-order valence-corrected chi connectivity index (χ2v) is 7.27. The van der Waals surface area contributed by atoms with E-state index in [4.69, 9.17) is 20.8 Å². The van der Waals surface area contributed by atoms with Gasteiger partial charge in [0, 0.05) is 23.8 Å². The smallest absolute Gasteiger partial charge is 0.286 e. The van der Waals surface area contributed by atoms with E-state index in [1.807, 2.05) is 31.2 Å². The number of carbonyl (C=O) groups is 1. The van der Waals surface area contributed by atoms with Crippen LogP contribution in [0, 0.1) is 6.92 Å². The summed E-state index contributed by atoms with van der Waals surface area (Å²) in [6.07, 6.45) is 2.52. The minimum absolute atomic E-state index is 0.250. The van der Waals surface area contributed by atoms with Gasteiger partial charge in [-0.25, -0.2) is 0 Å². The summed E-state index contributed by atoms with van der Waals surface area (Å²) in [4.78, 5) is 12.1. The number of amides is 1. The van der Waals surface area contributed by atoms with Gasteiger partial charge in [-0.2, -0.15) is 5.10 Å². The molecule has 0 saturated carbocycles. The molecule has 1 N–H and O–H groups in total. The largest absolute Gasteiger partial charge is 0.486 e. The molecule has 0 bridgehead atoms. The van der Waals surface area contributed by atoms with Crippen LogP contribution in [0.2, 0.25) is 5.02 Å². The molecular weight excluding hydrogens is 434 g/mol. The van der Waals surface area contributed by atoms with Gasteiger partial charge in [0.15, 0.2) is 5.76 Å². The van der Waals surface area contributed by atoms with Crippen LogP contribution < -0.4 is 10.1 Å². The second kappa shape index (κ2) is 9.10. The third-order valence-corrected chi connectivity index (χ3v) is 4.72. The van der Waals surface area contributed by atoms with Crippen molar-refractivity contribution in [2.24, 2.45) is 0 Å². The van der Waals surface area contributed by atoms with Gasteiger partial charge < -0.3 is 14.5 Å². The highest BCUT2D eigenvalue weighted by atomic mass is 79.9. The molecule has 0 spiro atoms. The average molecular weight is 453 g/mol. The number of aryl methyl sites for hydroxylation is 2. The van der Waals surface area contributed by atoms with Crippen LogP contribution >= 0.6 is 27.5 Å². The van der Waals surface area contributed by atoms with Crippen LogP contribution in [-0.2, 0) is 13.2 Å². The normalized spacial score (nSPS) is 10.8. The number of carbonyl (C=O) groups excluding carboxylic acids is 1. The fourth-order valence-corrected chi connectivity index (χ4v) is 2.82. The molecule has 142 valence electrons. The van der Waals surface area contributed by atoms with Crippen molar-refractivity contribution in [2.45, 2.75) is 26.5 Å². The Labute approximate surface area is 170 Å². The summed E-state index contributed by atoms with van der Waals surface area (Å²) in [5, 5.41) is 7.75. The van der Waals surface area contributed by atoms with Gasteiger partial charge in [0.25, 0.3) is 5.91 Å². The molecular formula is C19H19BrClN3O3. The summed E-state index contributed by atoms with van der Waals surface area (Å²) in [5.74, 6) is 1.33. The van der Waals surface area contributed by atoms with Gasteiger partial charge >= 0.3 is 0 Å². The van der Waals surface area contributed by atoms with Crippen molar-refractivity contribution in [3.63, 3.8) is 0 Å². The zero-order chi connectivity index (χ0) is 19.2. The van der Waals surface area contributed by atoms with Crippen LogP contribution in [0.4, 0.5) is 0 Å². The Morgan fingerprint density at radius 3 is 2.78 bits per heavy atom. The molecule has 3 rings (SSSR count). The van der Waals surface area contributed by atoms with Crippen molar-refractivity contribution in [1.82, 2.24) is 15.1 Å². The van der Waals surface area contributed by atoms with Gasteiger partial charge in [0.2, 0.25) is 0 Å². The summed E-state index contributed by atoms with van der Waals surface area (Å²) >= 11 is 9.34. The molecule has 0 radical (unpaired) electrons. The molecule has 0 aliphatic heterocycles. The van der Waals surface area contributed by atoms with Gasteiger partial charge in [-0.05, 0) is 49.7 Å². The number of halogens is 2. The number of furan rings is 1. The molecule has 0 unspecified atom stereocenters. The fourth-order valence-electron chi connectivity index (χ4n) is 2.40. The number of hydrogen-bond donors (Lipinski definition) is 1. The predicted octanol–water partition coefficient (Wildman–Crippen LogP) is 4.60. The first-order chi connectivity index (χ1) is 13.0. The number of aromatic nitrogens is 2. The molecule has 6 nitrogen and oxygen atoms in total. The molecule has 2 aromatic heterocycles. The molecule has 0 fully saturated rings. The van der Waals surface area contributed by atoms with E-state index < -0.39 is 0 Å². The Morgan fingerprint density at radius 2 is 2.07 bits per heavy atom. The molecule has 0 saturated heterocycles. The Bertz CT molecular complexity index is 886. The number of nitrogens with one attached hydrogen (secondary N) is 1. The number of hydrogen-bond acceptors (Lipinski definition) is 4. The maximum Gasteiger partial charge on any atom is 0.286 e. The SMILES string of the molecule is Cc1nn(CCCNC(=O)c2ccc(COc3ccc(Br)cc3)o2)cc1Cl. The lowest BCUT2D eigenvalue weighted by Crippen LogP contribution is -2.24. The van der Waals surface area contributed by atoms with E-state index in [9.17, 15) is 4.79 Å². The molecule has 0 atom stereocenters. The topological polar surface area (TPSA) is 69.3 Å². The first-order valence-electron chi connectivity index (χ1n) is 8.46. The Balaban J connectivity index is 1.41. The van der Waals surface area contributed by atoms with E-state index in [1.165, 1.54) is 0 Å². The summed E-state index contributed by atoms with van der Waals surface area (Å²) in [6.45, 7) is 3.31. The highest BCUT2D eigenvalue weighted by Crippen LogP contribution is 2.18. The highest BCUT2D eigenvalue weighted by molar-refractivity contribution is 9.10. The number of benzene rings is 1. The molecule has 0 aliphatic carbocycles. The van der Waals surface area contributed by atoms with Crippen molar-refractivity contribution in [3.8, 4) is 5.75 Å². The van der Waals surface area contributed by atoms with E-state index in [2.05, 4.69) is 26.3 Å². The van der Waals surface area contributed by atoms with E-state index in [-0.39, 0.29) is 18.3 Å². The lowest BCUT2D eigenvalue weighted by molar-refractivity contribution is 0.0921. The van der Waals surface area contributed by atoms with E-state index >= 15 is 0 Å². The second-order valence-electron chi connectivity index (χ2n) is 5.94. The van der Waals surface area contributed by atoms with Crippen molar-refractivity contribution in [2.75, 3.05) is 6.54 Å². The quantitative estimate of drug-likeness (QED) is 0.507. The van der Waals surface area contributed by atoms with E-state index in [1.54, 1.807) is 23.0 Å². The van der Waals surface area contributed by atoms with Crippen LogP contribution in [0.3, 0.4) is 0 Å². The van der Waals surface area contributed by atoms with Crippen molar-refractivity contribution < 1.29 is 13.9 Å². The molecule has 8 heteroatoms. The van der Waals surface area contributed by atoms with Gasteiger partial charge in [0.05, 0.1) is 10.7 Å². The van der Waals surface area contributed by atoms with E-state index in [0.29, 0.717) is 23.9 Å². The molecule has 27 heavy (non-hydrogen) atoms. The number of ether oxygens (including phenoxy) is 1. The third kappa shape index (κ3) is 5.61. The lowest BCUT2D eigenvalue weighted by Gasteiger charge is -2.05. The Hall–Kier alpha value is -2.25. The maximum atomic E-state index is 12.1. The summed E-state index contributed by atoms with van der Waals surface area (Å²) in [5.41, 5.74) is 0.800. The monoisotopic (exact) mass is 451 g/mol. The highest BCUT2D eigenvalue weighted by Gasteiger charge is 2.11. The molecule has 1 aromatic carbocycles. The Kier molecular flexibility index (Phi) is 6.58. The summed E-state index contributed by atoms with van der Waals surface area (Å²) in [7, 11) is 0. The third-order valence-electron chi connectivity index (χ3n) is 3.82. The lowest BCUT2D eigenvalue weighted by atomic mass is 10.3. The molecule has 3 aromatic rings. The minimum Gasteiger partial charge on any atom is -0.486 e. The zero-order valence-electron chi connectivity index (χ0n) is 14.7.